The topological polar surface area (TPSA) is 193 Å². The summed E-state index contributed by atoms with van der Waals surface area (Å²) >= 11 is 0. The molecule has 7 N–H and O–H groups in total. The quantitative estimate of drug-likeness (QED) is 0.00931. The van der Waals surface area contributed by atoms with Crippen LogP contribution in [0.1, 0.15) is 25.7 Å². The summed E-state index contributed by atoms with van der Waals surface area (Å²) in [4.78, 5) is 29.2. The van der Waals surface area contributed by atoms with E-state index in [1.165, 1.54) is 0 Å². The van der Waals surface area contributed by atoms with E-state index >= 15 is 0 Å². The Kier molecular flexibility index (Phi) is 21.6. The molecule has 366 valence electrons. The number of nitrogens with zero attached hydrogens (tertiary/aromatic N) is 7. The predicted molar refractivity (Wildman–Crippen MR) is 280 cm³/mol. The van der Waals surface area contributed by atoms with Crippen LogP contribution in [0.4, 0.5) is 34.1 Å². The number of aryl methyl sites for hydroxylation is 2. The summed E-state index contributed by atoms with van der Waals surface area (Å²) in [6, 6.07) is 35.7. The Labute approximate surface area is 412 Å². The average molecular weight is 979 g/mol. The molecule has 16 nitrogen and oxygen atoms in total. The van der Waals surface area contributed by atoms with Crippen molar-refractivity contribution in [2.45, 2.75) is 38.8 Å². The van der Waals surface area contributed by atoms with Crippen LogP contribution < -0.4 is 40.0 Å². The number of hydrogen-bond donors (Lipinski definition) is 7. The van der Waals surface area contributed by atoms with Crippen LogP contribution in [0.2, 0.25) is 0 Å². The van der Waals surface area contributed by atoms with E-state index in [4.69, 9.17) is 0 Å². The maximum Gasteiger partial charge on any atom is 0.220 e. The zero-order valence-electron chi connectivity index (χ0n) is 39.3. The van der Waals surface area contributed by atoms with Crippen molar-refractivity contribution in [3.05, 3.63) is 122 Å². The molecular weight excluding hydrogens is 913 g/mol. The van der Waals surface area contributed by atoms with Crippen molar-refractivity contribution in [2.24, 2.45) is 10.2 Å². The number of aromatic nitrogens is 2. The molecule has 4 aromatic carbocycles. The van der Waals surface area contributed by atoms with Crippen LogP contribution >= 0.6 is 21.6 Å². The third kappa shape index (κ3) is 16.0. The molecule has 0 atom stereocenters. The summed E-state index contributed by atoms with van der Waals surface area (Å²) in [7, 11) is 5.35. The molecule has 0 unspecified atom stereocenters. The Morgan fingerprint density at radius 3 is 1.59 bits per heavy atom. The number of benzene rings is 4. The lowest BCUT2D eigenvalue weighted by atomic mass is 10.1. The van der Waals surface area contributed by atoms with Crippen LogP contribution in [0.3, 0.4) is 0 Å². The second-order valence-electron chi connectivity index (χ2n) is 16.2. The van der Waals surface area contributed by atoms with Crippen LogP contribution in [-0.2, 0) is 22.7 Å². The number of azo groups is 1. The van der Waals surface area contributed by atoms with E-state index in [0.29, 0.717) is 83.7 Å². The third-order valence-electron chi connectivity index (χ3n) is 11.4. The van der Waals surface area contributed by atoms with E-state index < -0.39 is 0 Å². The van der Waals surface area contributed by atoms with E-state index in [-0.39, 0.29) is 38.2 Å². The van der Waals surface area contributed by atoms with Crippen LogP contribution in [0.15, 0.2) is 132 Å². The number of aliphatic hydroxyl groups is 4. The van der Waals surface area contributed by atoms with E-state index in [2.05, 4.69) is 59.8 Å². The molecule has 6 rings (SSSR count). The Bertz CT molecular complexity index is 2540. The van der Waals surface area contributed by atoms with E-state index in [0.717, 1.165) is 61.7 Å². The van der Waals surface area contributed by atoms with Gasteiger partial charge in [0.05, 0.1) is 54.3 Å². The molecule has 0 radical (unpaired) electrons. The molecule has 0 bridgehead atoms. The molecule has 6 aromatic rings. The summed E-state index contributed by atoms with van der Waals surface area (Å²) in [5.41, 5.74) is 10.7. The molecule has 2 amide bonds. The number of pyridine rings is 2. The molecule has 0 spiro atoms. The minimum absolute atomic E-state index is 0.000323. The van der Waals surface area contributed by atoms with Gasteiger partial charge < -0.3 is 40.9 Å². The molecule has 0 saturated carbocycles. The van der Waals surface area contributed by atoms with Crippen molar-refractivity contribution >= 4 is 89.3 Å². The standard InChI is InChI=1S/C51H64N10O6S2/c1-57(56-41-16-20-43(21-17-41)59(32-36-64)33-37-65)47-23-29-61(49-11-5-3-9-45(47)49)27-7-13-51(67)53-25-39-69-68-38-24-52-50(66)12-6-26-60-28-22-46(44-8-2-4-10-48(44)60)55-54-40-14-18-42(19-15-40)58(30-34-62)31-35-63/h2-5,8-11,14-23,28-29,56,62-65H,6-7,12-13,24-27,30-39H2,1H3/p+2. The molecule has 2 aromatic heterocycles. The van der Waals surface area contributed by atoms with E-state index in [1.807, 2.05) is 119 Å². The number of aliphatic hydroxyl groups excluding tert-OH is 4. The van der Waals surface area contributed by atoms with Gasteiger partial charge in [0.1, 0.15) is 18.8 Å². The molecule has 18 heteroatoms. The highest BCUT2D eigenvalue weighted by Gasteiger charge is 2.17. The minimum atomic E-state index is 0.000323. The molecule has 2 heterocycles. The highest BCUT2D eigenvalue weighted by Crippen LogP contribution is 2.28. The smallest absolute Gasteiger partial charge is 0.220 e. The number of amides is 2. The van der Waals surface area contributed by atoms with Gasteiger partial charge in [0.2, 0.25) is 22.8 Å². The second-order valence-corrected chi connectivity index (χ2v) is 18.9. The van der Waals surface area contributed by atoms with Gasteiger partial charge in [-0.15, -0.1) is 5.11 Å². The highest BCUT2D eigenvalue weighted by molar-refractivity contribution is 8.76. The molecule has 0 fully saturated rings. The lowest BCUT2D eigenvalue weighted by Crippen LogP contribution is -2.36. The first kappa shape index (κ1) is 52.4. The summed E-state index contributed by atoms with van der Waals surface area (Å²) in [5.74, 6) is 1.61. The maximum atomic E-state index is 12.7. The largest absolute Gasteiger partial charge is 0.395 e. The van der Waals surface area contributed by atoms with Crippen LogP contribution in [0.5, 0.6) is 0 Å². The van der Waals surface area contributed by atoms with E-state index in [1.54, 1.807) is 21.6 Å². The van der Waals surface area contributed by atoms with Gasteiger partial charge in [-0.3, -0.25) is 20.0 Å². The van der Waals surface area contributed by atoms with Gasteiger partial charge in [-0.1, -0.05) is 45.9 Å². The molecule has 69 heavy (non-hydrogen) atoms. The van der Waals surface area contributed by atoms with Gasteiger partial charge >= 0.3 is 0 Å². The van der Waals surface area contributed by atoms with Crippen molar-refractivity contribution in [1.29, 1.82) is 0 Å². The number of para-hydroxylation sites is 2. The Balaban J connectivity index is 0.840. The van der Waals surface area contributed by atoms with Crippen LogP contribution in [0.25, 0.3) is 21.8 Å². The first-order valence-electron chi connectivity index (χ1n) is 23.5. The zero-order valence-corrected chi connectivity index (χ0v) is 41.0. The summed E-state index contributed by atoms with van der Waals surface area (Å²) < 4.78 is 4.32. The number of anilines is 4. The van der Waals surface area contributed by atoms with Crippen molar-refractivity contribution in [3.63, 3.8) is 0 Å². The SMILES string of the molecule is CN(Nc1ccc(N(CCO)CCO)cc1)c1cc[n+](CCCC(=O)NCCSSCCNC(=O)CCC[n+]2ccc(N=Nc3ccc(N(CCO)CCO)cc3)c3ccccc32)c2ccccc12. The Hall–Kier alpha value is -6.02. The Morgan fingerprint density at radius 2 is 1.06 bits per heavy atom. The van der Waals surface area contributed by atoms with Crippen molar-refractivity contribution in [1.82, 2.24) is 10.6 Å². The highest BCUT2D eigenvalue weighted by atomic mass is 33.1. The number of fused-ring (bicyclic) bond motifs is 2. The van der Waals surface area contributed by atoms with Gasteiger partial charge in [0, 0.05) is 119 Å². The number of rotatable bonds is 30. The lowest BCUT2D eigenvalue weighted by Gasteiger charge is -2.25. The van der Waals surface area contributed by atoms with Crippen LogP contribution in [0, 0.1) is 0 Å². The number of hydrogen-bond acceptors (Lipinski definition) is 14. The van der Waals surface area contributed by atoms with Gasteiger partial charge in [-0.2, -0.15) is 14.2 Å². The normalized spacial score (nSPS) is 11.3. The monoisotopic (exact) mass is 978 g/mol. The number of carbonyl (C=O) groups excluding carboxylic acids is 2. The number of nitrogens with one attached hydrogen (secondary N) is 3. The summed E-state index contributed by atoms with van der Waals surface area (Å²) in [6.07, 6.45) is 6.29. The van der Waals surface area contributed by atoms with Crippen molar-refractivity contribution < 1.29 is 39.1 Å². The van der Waals surface area contributed by atoms with Gasteiger partial charge in [0.25, 0.3) is 0 Å². The molecule has 0 aliphatic rings. The fourth-order valence-electron chi connectivity index (χ4n) is 7.96. The molecule has 0 aliphatic heterocycles. The third-order valence-corrected chi connectivity index (χ3v) is 13.8. The fraction of sp³-hybridized carbons (Fsp3) is 0.373. The molecule has 0 aliphatic carbocycles. The Morgan fingerprint density at radius 1 is 0.580 bits per heavy atom. The fourth-order valence-corrected chi connectivity index (χ4v) is 9.77. The second kappa shape index (κ2) is 28.5. The van der Waals surface area contributed by atoms with Crippen molar-refractivity contribution in [2.75, 3.05) is 104 Å². The summed E-state index contributed by atoms with van der Waals surface area (Å²) in [5, 5.41) is 56.6. The first-order valence-corrected chi connectivity index (χ1v) is 26.0. The number of hydrazine groups is 1. The first-order chi connectivity index (χ1) is 33.8. The lowest BCUT2D eigenvalue weighted by molar-refractivity contribution is -0.671. The van der Waals surface area contributed by atoms with E-state index in [9.17, 15) is 30.0 Å². The summed E-state index contributed by atoms with van der Waals surface area (Å²) in [6.45, 7) is 4.36. The maximum absolute atomic E-state index is 12.7. The minimum Gasteiger partial charge on any atom is -0.395 e. The van der Waals surface area contributed by atoms with Crippen molar-refractivity contribution in [3.8, 4) is 0 Å². The van der Waals surface area contributed by atoms with Gasteiger partial charge in [0.15, 0.2) is 12.4 Å². The predicted octanol–water partition coefficient (Wildman–Crippen LogP) is 5.90. The van der Waals surface area contributed by atoms with Gasteiger partial charge in [-0.05, 0) is 60.7 Å². The van der Waals surface area contributed by atoms with Gasteiger partial charge in [-0.25, -0.2) is 0 Å². The molecular formula is C51H66N10O6S2+2. The number of carbonyl (C=O) groups is 2. The van der Waals surface area contributed by atoms with Crippen LogP contribution in [-0.4, -0.2) is 116 Å². The molecule has 0 saturated heterocycles. The average Bonchev–Trinajstić information content (AvgIpc) is 3.37. The zero-order chi connectivity index (χ0) is 48.6.